The molecule has 0 atom stereocenters. The molecule has 1 saturated heterocycles. The number of hydrogen-bond donors (Lipinski definition) is 1. The second kappa shape index (κ2) is 10.4. The minimum Gasteiger partial charge on any atom is -0.497 e. The molecule has 1 N–H and O–H groups in total. The van der Waals surface area contributed by atoms with Crippen LogP contribution in [0.3, 0.4) is 0 Å². The molecular weight excluding hydrogens is 474 g/mol. The van der Waals surface area contributed by atoms with Crippen LogP contribution in [-0.4, -0.2) is 51.1 Å². The standard InChI is InChI=1S/C24H27N3O7S/c1-16-23(22(34-26-16)7-6-19-5-4-12-33-19)35(29,30)27-10-8-17(9-11-27)24(28)25-18-13-20(31-2)15-21(14-18)32-3/h4-7,12-15,17H,8-11H2,1-3H3,(H,25,28)/b7-6+. The van der Waals surface area contributed by atoms with Gasteiger partial charge in [-0.25, -0.2) is 8.42 Å². The molecule has 0 saturated carbocycles. The summed E-state index contributed by atoms with van der Waals surface area (Å²) in [6.07, 6.45) is 5.42. The van der Waals surface area contributed by atoms with E-state index in [-0.39, 0.29) is 41.3 Å². The van der Waals surface area contributed by atoms with Crippen LogP contribution < -0.4 is 14.8 Å². The quantitative estimate of drug-likeness (QED) is 0.494. The van der Waals surface area contributed by atoms with Gasteiger partial charge in [-0.3, -0.25) is 4.79 Å². The molecule has 1 aliphatic heterocycles. The highest BCUT2D eigenvalue weighted by molar-refractivity contribution is 7.89. The van der Waals surface area contributed by atoms with Gasteiger partial charge in [0.15, 0.2) is 10.7 Å². The molecule has 1 aromatic carbocycles. The number of rotatable bonds is 8. The largest absolute Gasteiger partial charge is 0.497 e. The van der Waals surface area contributed by atoms with Crippen LogP contribution in [0.15, 0.2) is 50.4 Å². The van der Waals surface area contributed by atoms with Crippen LogP contribution in [0.25, 0.3) is 12.2 Å². The fourth-order valence-corrected chi connectivity index (χ4v) is 5.67. The Morgan fingerprint density at radius 1 is 1.14 bits per heavy atom. The summed E-state index contributed by atoms with van der Waals surface area (Å²) in [6, 6.07) is 8.59. The van der Waals surface area contributed by atoms with Crippen molar-refractivity contribution in [3.05, 3.63) is 53.8 Å². The van der Waals surface area contributed by atoms with E-state index < -0.39 is 10.0 Å². The number of furan rings is 1. The number of aryl methyl sites for hydroxylation is 1. The van der Waals surface area contributed by atoms with Gasteiger partial charge in [0.05, 0.1) is 20.5 Å². The number of methoxy groups -OCH3 is 2. The molecule has 0 unspecified atom stereocenters. The summed E-state index contributed by atoms with van der Waals surface area (Å²) >= 11 is 0. The topological polar surface area (TPSA) is 124 Å². The molecule has 10 nitrogen and oxygen atoms in total. The van der Waals surface area contributed by atoms with E-state index in [1.54, 1.807) is 43.3 Å². The minimum atomic E-state index is -3.87. The second-order valence-corrected chi connectivity index (χ2v) is 9.95. The fraction of sp³-hybridized carbons (Fsp3) is 0.333. The molecule has 1 aliphatic rings. The Hall–Kier alpha value is -3.57. The van der Waals surface area contributed by atoms with Gasteiger partial charge in [0.2, 0.25) is 15.9 Å². The van der Waals surface area contributed by atoms with Crippen molar-refractivity contribution in [1.29, 1.82) is 0 Å². The van der Waals surface area contributed by atoms with Crippen molar-refractivity contribution in [3.63, 3.8) is 0 Å². The maximum absolute atomic E-state index is 13.4. The van der Waals surface area contributed by atoms with Crippen LogP contribution >= 0.6 is 0 Å². The van der Waals surface area contributed by atoms with Crippen molar-refractivity contribution in [1.82, 2.24) is 9.46 Å². The van der Waals surface area contributed by atoms with Gasteiger partial charge in [0.1, 0.15) is 23.0 Å². The van der Waals surface area contributed by atoms with Crippen molar-refractivity contribution in [3.8, 4) is 11.5 Å². The first kappa shape index (κ1) is 24.6. The van der Waals surface area contributed by atoms with Crippen LogP contribution in [0.2, 0.25) is 0 Å². The number of nitrogens with zero attached hydrogens (tertiary/aromatic N) is 2. The van der Waals surface area contributed by atoms with Gasteiger partial charge >= 0.3 is 0 Å². The van der Waals surface area contributed by atoms with Crippen molar-refractivity contribution in [2.75, 3.05) is 32.6 Å². The molecule has 186 valence electrons. The first-order valence-corrected chi connectivity index (χ1v) is 12.5. The highest BCUT2D eigenvalue weighted by atomic mass is 32.2. The number of carbonyl (C=O) groups excluding carboxylic acids is 1. The van der Waals surface area contributed by atoms with Crippen LogP contribution in [-0.2, 0) is 14.8 Å². The Balaban J connectivity index is 1.43. The van der Waals surface area contributed by atoms with E-state index in [4.69, 9.17) is 18.4 Å². The van der Waals surface area contributed by atoms with Gasteiger partial charge in [0, 0.05) is 42.9 Å². The zero-order valence-electron chi connectivity index (χ0n) is 19.7. The number of piperidine rings is 1. The smallest absolute Gasteiger partial charge is 0.248 e. The van der Waals surface area contributed by atoms with Gasteiger partial charge in [0.25, 0.3) is 0 Å². The minimum absolute atomic E-state index is 0.0201. The molecular formula is C24H27N3O7S. The number of carbonyl (C=O) groups is 1. The van der Waals surface area contributed by atoms with Crippen molar-refractivity contribution < 1.29 is 31.6 Å². The normalized spacial score (nSPS) is 15.4. The van der Waals surface area contributed by atoms with Gasteiger partial charge < -0.3 is 23.7 Å². The Labute approximate surface area is 203 Å². The summed E-state index contributed by atoms with van der Waals surface area (Å²) < 4.78 is 49.2. The highest BCUT2D eigenvalue weighted by Crippen LogP contribution is 2.31. The number of anilines is 1. The van der Waals surface area contributed by atoms with E-state index in [0.717, 1.165) is 0 Å². The monoisotopic (exact) mass is 501 g/mol. The van der Waals surface area contributed by atoms with E-state index in [1.807, 2.05) is 0 Å². The Morgan fingerprint density at radius 3 is 2.43 bits per heavy atom. The summed E-state index contributed by atoms with van der Waals surface area (Å²) in [4.78, 5) is 12.9. The molecule has 1 amide bonds. The van der Waals surface area contributed by atoms with Gasteiger partial charge in [-0.2, -0.15) is 4.31 Å². The summed E-state index contributed by atoms with van der Waals surface area (Å²) in [5.41, 5.74) is 0.824. The van der Waals surface area contributed by atoms with E-state index in [0.29, 0.717) is 35.8 Å². The van der Waals surface area contributed by atoms with Crippen molar-refractivity contribution >= 4 is 33.8 Å². The third-order valence-corrected chi connectivity index (χ3v) is 7.87. The first-order valence-electron chi connectivity index (χ1n) is 11.0. The molecule has 0 bridgehead atoms. The summed E-state index contributed by atoms with van der Waals surface area (Å²) in [7, 11) is -0.799. The van der Waals surface area contributed by atoms with Crippen LogP contribution in [0.4, 0.5) is 5.69 Å². The van der Waals surface area contributed by atoms with Crippen molar-refractivity contribution in [2.45, 2.75) is 24.7 Å². The number of aromatic nitrogens is 1. The lowest BCUT2D eigenvalue weighted by Crippen LogP contribution is -2.41. The third kappa shape index (κ3) is 5.41. The second-order valence-electron chi connectivity index (χ2n) is 8.08. The Bertz CT molecular complexity index is 1280. The molecule has 3 aromatic rings. The van der Waals surface area contributed by atoms with E-state index in [1.165, 1.54) is 30.9 Å². The first-order chi connectivity index (χ1) is 16.8. The number of ether oxygens (including phenoxy) is 2. The highest BCUT2D eigenvalue weighted by Gasteiger charge is 2.36. The lowest BCUT2D eigenvalue weighted by Gasteiger charge is -2.30. The van der Waals surface area contributed by atoms with E-state index >= 15 is 0 Å². The zero-order valence-corrected chi connectivity index (χ0v) is 20.5. The fourth-order valence-electron chi connectivity index (χ4n) is 3.95. The molecule has 0 spiro atoms. The molecule has 35 heavy (non-hydrogen) atoms. The SMILES string of the molecule is COc1cc(NC(=O)C2CCN(S(=O)(=O)c3c(C)noc3/C=C/c3ccco3)CC2)cc(OC)c1. The van der Waals surface area contributed by atoms with E-state index in [2.05, 4.69) is 10.5 Å². The molecule has 3 heterocycles. The van der Waals surface area contributed by atoms with Gasteiger partial charge in [-0.15, -0.1) is 0 Å². The number of sulfonamides is 1. The lowest BCUT2D eigenvalue weighted by molar-refractivity contribution is -0.120. The predicted molar refractivity (Wildman–Crippen MR) is 129 cm³/mol. The number of benzene rings is 1. The maximum atomic E-state index is 13.4. The molecule has 0 aliphatic carbocycles. The van der Waals surface area contributed by atoms with Crippen LogP contribution in [0, 0.1) is 12.8 Å². The number of nitrogens with one attached hydrogen (secondary N) is 1. The average Bonchev–Trinajstić information content (AvgIpc) is 3.52. The van der Waals surface area contributed by atoms with Crippen LogP contribution in [0.5, 0.6) is 11.5 Å². The third-order valence-electron chi connectivity index (χ3n) is 5.82. The number of amides is 1. The van der Waals surface area contributed by atoms with E-state index in [9.17, 15) is 13.2 Å². The molecule has 4 rings (SSSR count). The predicted octanol–water partition coefficient (Wildman–Crippen LogP) is 3.80. The van der Waals surface area contributed by atoms with Gasteiger partial charge in [-0.1, -0.05) is 5.16 Å². The molecule has 11 heteroatoms. The molecule has 0 radical (unpaired) electrons. The maximum Gasteiger partial charge on any atom is 0.248 e. The summed E-state index contributed by atoms with van der Waals surface area (Å²) in [5, 5.41) is 6.73. The Morgan fingerprint density at radius 2 is 1.83 bits per heavy atom. The van der Waals surface area contributed by atoms with Gasteiger partial charge in [-0.05, 0) is 44.1 Å². The average molecular weight is 502 g/mol. The van der Waals surface area contributed by atoms with Crippen LogP contribution in [0.1, 0.15) is 30.1 Å². The summed E-state index contributed by atoms with van der Waals surface area (Å²) in [5.74, 6) is 1.29. The van der Waals surface area contributed by atoms with Crippen molar-refractivity contribution in [2.24, 2.45) is 5.92 Å². The lowest BCUT2D eigenvalue weighted by atomic mass is 9.97. The summed E-state index contributed by atoms with van der Waals surface area (Å²) in [6.45, 7) is 1.99. The number of hydrogen-bond acceptors (Lipinski definition) is 8. The molecule has 1 fully saturated rings. The zero-order chi connectivity index (χ0) is 25.0. The molecule has 2 aromatic heterocycles. The Kier molecular flexibility index (Phi) is 7.27.